The van der Waals surface area contributed by atoms with E-state index in [1.165, 1.54) is 6.92 Å². The number of ether oxygens (including phenoxy) is 1. The van der Waals surface area contributed by atoms with Gasteiger partial charge in [0.05, 0.1) is 24.1 Å². The Morgan fingerprint density at radius 1 is 1.21 bits per heavy atom. The van der Waals surface area contributed by atoms with E-state index in [2.05, 4.69) is 5.32 Å². The van der Waals surface area contributed by atoms with Crippen LogP contribution in [0.1, 0.15) is 34.4 Å². The van der Waals surface area contributed by atoms with Crippen LogP contribution >= 0.6 is 0 Å². The fourth-order valence-corrected chi connectivity index (χ4v) is 2.91. The molecule has 8 heteroatoms. The van der Waals surface area contributed by atoms with Gasteiger partial charge in [0.1, 0.15) is 17.4 Å². The van der Waals surface area contributed by atoms with Crippen molar-refractivity contribution in [2.45, 2.75) is 33.4 Å². The van der Waals surface area contributed by atoms with E-state index in [0.717, 1.165) is 29.7 Å². The number of benzene rings is 1. The summed E-state index contributed by atoms with van der Waals surface area (Å²) in [6.45, 7) is 5.41. The molecule has 0 fully saturated rings. The van der Waals surface area contributed by atoms with Crippen LogP contribution in [0.15, 0.2) is 47.1 Å². The Kier molecular flexibility index (Phi) is 5.81. The molecule has 1 aromatic carbocycles. The summed E-state index contributed by atoms with van der Waals surface area (Å²) in [5, 5.41) is 2.22. The lowest BCUT2D eigenvalue weighted by Gasteiger charge is -2.14. The number of hydrogen-bond acceptors (Lipinski definition) is 4. The third-order valence-corrected chi connectivity index (χ3v) is 4.53. The SMILES string of the molecule is Cc1cc(C(=O)O[C@@H](C)C(=O)Nc2cc(F)ccc2F)c(C)n1Cc1ccco1. The minimum atomic E-state index is -1.21. The average molecular weight is 402 g/mol. The number of furan rings is 1. The second-order valence-corrected chi connectivity index (χ2v) is 6.61. The zero-order chi connectivity index (χ0) is 21.1. The van der Waals surface area contributed by atoms with Crippen LogP contribution in [0.25, 0.3) is 0 Å². The molecule has 1 atom stereocenters. The number of anilines is 1. The van der Waals surface area contributed by atoms with Crippen molar-refractivity contribution in [1.82, 2.24) is 4.57 Å². The Labute approximate surface area is 166 Å². The highest BCUT2D eigenvalue weighted by Gasteiger charge is 2.23. The Balaban J connectivity index is 1.69. The third kappa shape index (κ3) is 4.53. The summed E-state index contributed by atoms with van der Waals surface area (Å²) in [5.74, 6) is -2.22. The van der Waals surface area contributed by atoms with E-state index in [0.29, 0.717) is 17.8 Å². The van der Waals surface area contributed by atoms with Gasteiger partial charge in [0, 0.05) is 17.5 Å². The van der Waals surface area contributed by atoms with E-state index in [1.54, 1.807) is 25.3 Å². The van der Waals surface area contributed by atoms with Crippen molar-refractivity contribution in [3.8, 4) is 0 Å². The monoisotopic (exact) mass is 402 g/mol. The van der Waals surface area contributed by atoms with Crippen LogP contribution in [-0.4, -0.2) is 22.5 Å². The third-order valence-electron chi connectivity index (χ3n) is 4.53. The lowest BCUT2D eigenvalue weighted by atomic mass is 10.2. The molecule has 0 radical (unpaired) electrons. The number of hydrogen-bond donors (Lipinski definition) is 1. The van der Waals surface area contributed by atoms with Crippen LogP contribution in [0.4, 0.5) is 14.5 Å². The van der Waals surface area contributed by atoms with Crippen molar-refractivity contribution in [3.05, 3.63) is 77.0 Å². The number of nitrogens with zero attached hydrogens (tertiary/aromatic N) is 1. The number of esters is 1. The molecule has 3 rings (SSSR count). The zero-order valence-electron chi connectivity index (χ0n) is 16.2. The highest BCUT2D eigenvalue weighted by molar-refractivity contribution is 5.97. The lowest BCUT2D eigenvalue weighted by Crippen LogP contribution is -2.30. The first-order valence-corrected chi connectivity index (χ1v) is 8.92. The van der Waals surface area contributed by atoms with E-state index in [4.69, 9.17) is 9.15 Å². The van der Waals surface area contributed by atoms with Crippen LogP contribution in [0.3, 0.4) is 0 Å². The number of rotatable bonds is 6. The quantitative estimate of drug-likeness (QED) is 0.627. The van der Waals surface area contributed by atoms with Crippen LogP contribution in [0.5, 0.6) is 0 Å². The van der Waals surface area contributed by atoms with Crippen molar-refractivity contribution in [2.24, 2.45) is 0 Å². The Hall–Kier alpha value is -3.42. The normalized spacial score (nSPS) is 11.9. The van der Waals surface area contributed by atoms with Gasteiger partial charge in [0.2, 0.25) is 0 Å². The maximum absolute atomic E-state index is 13.7. The van der Waals surface area contributed by atoms with Crippen LogP contribution in [0.2, 0.25) is 0 Å². The molecule has 1 amide bonds. The topological polar surface area (TPSA) is 73.5 Å². The molecule has 3 aromatic rings. The minimum Gasteiger partial charge on any atom is -0.467 e. The molecule has 2 aromatic heterocycles. The highest BCUT2D eigenvalue weighted by Crippen LogP contribution is 2.20. The first kappa shape index (κ1) is 20.3. The Morgan fingerprint density at radius 3 is 2.66 bits per heavy atom. The molecule has 0 aliphatic heterocycles. The minimum absolute atomic E-state index is 0.311. The predicted molar refractivity (Wildman–Crippen MR) is 102 cm³/mol. The van der Waals surface area contributed by atoms with E-state index < -0.39 is 29.6 Å². The summed E-state index contributed by atoms with van der Waals surface area (Å²) in [5.41, 5.74) is 1.47. The van der Waals surface area contributed by atoms with Crippen LogP contribution in [0, 0.1) is 25.5 Å². The molecular formula is C21H20F2N2O4. The smallest absolute Gasteiger partial charge is 0.340 e. The fraction of sp³-hybridized carbons (Fsp3) is 0.238. The number of carbonyl (C=O) groups excluding carboxylic acids is 2. The van der Waals surface area contributed by atoms with Crippen molar-refractivity contribution in [2.75, 3.05) is 5.32 Å². The molecule has 0 unspecified atom stereocenters. The molecular weight excluding hydrogens is 382 g/mol. The molecule has 1 N–H and O–H groups in total. The fourth-order valence-electron chi connectivity index (χ4n) is 2.91. The maximum Gasteiger partial charge on any atom is 0.340 e. The van der Waals surface area contributed by atoms with Gasteiger partial charge in [-0.1, -0.05) is 0 Å². The second-order valence-electron chi connectivity index (χ2n) is 6.61. The molecule has 6 nitrogen and oxygen atoms in total. The number of aromatic nitrogens is 1. The molecule has 0 aliphatic carbocycles. The van der Waals surface area contributed by atoms with Crippen LogP contribution in [-0.2, 0) is 16.1 Å². The van der Waals surface area contributed by atoms with Gasteiger partial charge in [-0.05, 0) is 51.1 Å². The van der Waals surface area contributed by atoms with Gasteiger partial charge in [0.25, 0.3) is 5.91 Å². The standard InChI is InChI=1S/C21H20F2N2O4/c1-12-9-17(13(2)25(12)11-16-5-4-8-28-16)21(27)29-14(3)20(26)24-19-10-15(22)6-7-18(19)23/h4-10,14H,11H2,1-3H3,(H,24,26)/t14-/m0/s1. The molecule has 0 spiro atoms. The summed E-state index contributed by atoms with van der Waals surface area (Å²) in [6, 6.07) is 7.96. The number of halogens is 2. The van der Waals surface area contributed by atoms with E-state index in [9.17, 15) is 18.4 Å². The van der Waals surface area contributed by atoms with Gasteiger partial charge < -0.3 is 19.0 Å². The van der Waals surface area contributed by atoms with Gasteiger partial charge in [-0.2, -0.15) is 0 Å². The highest BCUT2D eigenvalue weighted by atomic mass is 19.1. The molecule has 0 bridgehead atoms. The maximum atomic E-state index is 13.7. The second kappa shape index (κ2) is 8.30. The van der Waals surface area contributed by atoms with Gasteiger partial charge in [-0.3, -0.25) is 4.79 Å². The number of aryl methyl sites for hydroxylation is 1. The van der Waals surface area contributed by atoms with Crippen molar-refractivity contribution >= 4 is 17.6 Å². The van der Waals surface area contributed by atoms with Gasteiger partial charge in [0.15, 0.2) is 6.10 Å². The van der Waals surface area contributed by atoms with E-state index in [-0.39, 0.29) is 5.69 Å². The summed E-state index contributed by atoms with van der Waals surface area (Å²) in [6.07, 6.45) is 0.360. The molecule has 2 heterocycles. The number of amides is 1. The Bertz CT molecular complexity index is 1040. The summed E-state index contributed by atoms with van der Waals surface area (Å²) < 4.78 is 39.4. The summed E-state index contributed by atoms with van der Waals surface area (Å²) in [4.78, 5) is 24.8. The Morgan fingerprint density at radius 2 is 1.97 bits per heavy atom. The largest absolute Gasteiger partial charge is 0.467 e. The van der Waals surface area contributed by atoms with Crippen molar-refractivity contribution in [3.63, 3.8) is 0 Å². The van der Waals surface area contributed by atoms with E-state index >= 15 is 0 Å². The molecule has 0 saturated heterocycles. The first-order chi connectivity index (χ1) is 13.8. The summed E-state index contributed by atoms with van der Waals surface area (Å²) >= 11 is 0. The molecule has 152 valence electrons. The molecule has 29 heavy (non-hydrogen) atoms. The van der Waals surface area contributed by atoms with Crippen molar-refractivity contribution in [1.29, 1.82) is 0 Å². The van der Waals surface area contributed by atoms with E-state index in [1.807, 2.05) is 17.6 Å². The molecule has 0 aliphatic rings. The average Bonchev–Trinajstić information content (AvgIpc) is 3.28. The van der Waals surface area contributed by atoms with Crippen molar-refractivity contribution < 1.29 is 27.5 Å². The molecule has 0 saturated carbocycles. The lowest BCUT2D eigenvalue weighted by molar-refractivity contribution is -0.123. The van der Waals surface area contributed by atoms with Gasteiger partial charge in [-0.15, -0.1) is 0 Å². The predicted octanol–water partition coefficient (Wildman–Crippen LogP) is 4.21. The van der Waals surface area contributed by atoms with Gasteiger partial charge in [-0.25, -0.2) is 13.6 Å². The van der Waals surface area contributed by atoms with Crippen LogP contribution < -0.4 is 5.32 Å². The summed E-state index contributed by atoms with van der Waals surface area (Å²) in [7, 11) is 0. The number of nitrogens with one attached hydrogen (secondary N) is 1. The number of carbonyl (C=O) groups is 2. The first-order valence-electron chi connectivity index (χ1n) is 8.92. The zero-order valence-corrected chi connectivity index (χ0v) is 16.2. The van der Waals surface area contributed by atoms with Gasteiger partial charge >= 0.3 is 5.97 Å².